The lowest BCUT2D eigenvalue weighted by Crippen LogP contribution is -2.44. The number of aromatic amines is 1. The molecule has 2 rings (SSSR count). The molecule has 96 valence electrons. The van der Waals surface area contributed by atoms with Crippen molar-refractivity contribution in [2.75, 3.05) is 19.6 Å². The summed E-state index contributed by atoms with van der Waals surface area (Å²) in [6, 6.07) is 2.60. The van der Waals surface area contributed by atoms with Crippen molar-refractivity contribution in [3.05, 3.63) is 18.0 Å². The van der Waals surface area contributed by atoms with Gasteiger partial charge < -0.3 is 10.2 Å². The molecule has 4 heteroatoms. The molecule has 0 spiro atoms. The third kappa shape index (κ3) is 3.54. The molecule has 0 aromatic carbocycles. The zero-order valence-electron chi connectivity index (χ0n) is 10.9. The Kier molecular flexibility index (Phi) is 4.57. The summed E-state index contributed by atoms with van der Waals surface area (Å²) in [5.41, 5.74) is 1.17. The van der Waals surface area contributed by atoms with Gasteiger partial charge in [0.05, 0.1) is 0 Å². The van der Waals surface area contributed by atoms with Crippen LogP contribution < -0.4 is 5.32 Å². The van der Waals surface area contributed by atoms with Crippen LogP contribution >= 0.6 is 0 Å². The second-order valence-corrected chi connectivity index (χ2v) is 5.05. The Balaban J connectivity index is 1.76. The minimum Gasteiger partial charge on any atom is -0.308 e. The number of hydrogen-bond donors (Lipinski definition) is 2. The second-order valence-electron chi connectivity index (χ2n) is 5.05. The first-order valence-electron chi connectivity index (χ1n) is 6.73. The van der Waals surface area contributed by atoms with Crippen molar-refractivity contribution in [2.24, 2.45) is 5.92 Å². The van der Waals surface area contributed by atoms with Crippen molar-refractivity contribution in [1.29, 1.82) is 0 Å². The number of nitrogens with zero attached hydrogens (tertiary/aromatic N) is 2. The molecule has 0 radical (unpaired) electrons. The van der Waals surface area contributed by atoms with E-state index in [4.69, 9.17) is 0 Å². The standard InChI is InChI=1S/C13H24N4/c1-3-17-8-4-5-12(10-17)11(2)14-9-13-6-7-15-16-13/h6-7,11-12,14H,3-5,8-10H2,1-2H3,(H,15,16). The van der Waals surface area contributed by atoms with E-state index in [1.54, 1.807) is 6.20 Å². The largest absolute Gasteiger partial charge is 0.308 e. The molecule has 0 saturated carbocycles. The molecule has 0 aliphatic carbocycles. The van der Waals surface area contributed by atoms with Gasteiger partial charge in [0.2, 0.25) is 0 Å². The molecule has 2 N–H and O–H groups in total. The molecule has 1 aromatic heterocycles. The van der Waals surface area contributed by atoms with Crippen LogP contribution in [0.15, 0.2) is 12.3 Å². The first-order valence-corrected chi connectivity index (χ1v) is 6.73. The molecule has 1 aliphatic heterocycles. The lowest BCUT2D eigenvalue weighted by molar-refractivity contribution is 0.156. The third-order valence-corrected chi connectivity index (χ3v) is 3.87. The van der Waals surface area contributed by atoms with Crippen LogP contribution in [0, 0.1) is 5.92 Å². The van der Waals surface area contributed by atoms with Crippen LogP contribution in [-0.4, -0.2) is 40.8 Å². The van der Waals surface area contributed by atoms with Crippen LogP contribution in [0.1, 0.15) is 32.4 Å². The Hall–Kier alpha value is -0.870. The number of likely N-dealkylation sites (tertiary alicyclic amines) is 1. The van der Waals surface area contributed by atoms with Crippen molar-refractivity contribution in [3.63, 3.8) is 0 Å². The van der Waals surface area contributed by atoms with Gasteiger partial charge in [0.1, 0.15) is 0 Å². The van der Waals surface area contributed by atoms with Crippen LogP contribution in [0.2, 0.25) is 0 Å². The highest BCUT2D eigenvalue weighted by Crippen LogP contribution is 2.19. The summed E-state index contributed by atoms with van der Waals surface area (Å²) in [7, 11) is 0. The molecule has 17 heavy (non-hydrogen) atoms. The molecule has 1 aliphatic rings. The summed E-state index contributed by atoms with van der Waals surface area (Å²) in [5, 5.41) is 10.6. The topological polar surface area (TPSA) is 44.0 Å². The van der Waals surface area contributed by atoms with E-state index in [2.05, 4.69) is 34.3 Å². The van der Waals surface area contributed by atoms with Crippen LogP contribution in [0.5, 0.6) is 0 Å². The van der Waals surface area contributed by atoms with Crippen molar-refractivity contribution in [2.45, 2.75) is 39.3 Å². The Bertz CT molecular complexity index is 309. The first kappa shape index (κ1) is 12.6. The van der Waals surface area contributed by atoms with Crippen LogP contribution in [0.4, 0.5) is 0 Å². The second kappa shape index (κ2) is 6.17. The molecule has 1 saturated heterocycles. The van der Waals surface area contributed by atoms with Gasteiger partial charge in [0, 0.05) is 31.0 Å². The number of hydrogen-bond acceptors (Lipinski definition) is 3. The maximum absolute atomic E-state index is 3.96. The van der Waals surface area contributed by atoms with Gasteiger partial charge in [-0.25, -0.2) is 0 Å². The summed E-state index contributed by atoms with van der Waals surface area (Å²) < 4.78 is 0. The molecular weight excluding hydrogens is 212 g/mol. The Morgan fingerprint density at radius 3 is 3.24 bits per heavy atom. The maximum Gasteiger partial charge on any atom is 0.0490 e. The number of H-pyrrole nitrogens is 1. The van der Waals surface area contributed by atoms with E-state index in [0.29, 0.717) is 6.04 Å². The van der Waals surface area contributed by atoms with E-state index in [-0.39, 0.29) is 0 Å². The van der Waals surface area contributed by atoms with E-state index < -0.39 is 0 Å². The molecule has 1 aromatic rings. The highest BCUT2D eigenvalue weighted by molar-refractivity contribution is 4.97. The van der Waals surface area contributed by atoms with Gasteiger partial charge in [0.15, 0.2) is 0 Å². The van der Waals surface area contributed by atoms with Gasteiger partial charge >= 0.3 is 0 Å². The monoisotopic (exact) mass is 236 g/mol. The molecule has 1 fully saturated rings. The Labute approximate surface area is 104 Å². The maximum atomic E-state index is 3.96. The van der Waals surface area contributed by atoms with Crippen LogP contribution in [-0.2, 0) is 6.54 Å². The van der Waals surface area contributed by atoms with Gasteiger partial charge in [-0.1, -0.05) is 6.92 Å². The van der Waals surface area contributed by atoms with Gasteiger partial charge in [-0.2, -0.15) is 5.10 Å². The predicted molar refractivity (Wildman–Crippen MR) is 69.7 cm³/mol. The van der Waals surface area contributed by atoms with Crippen molar-refractivity contribution in [1.82, 2.24) is 20.4 Å². The molecular formula is C13H24N4. The highest BCUT2D eigenvalue weighted by Gasteiger charge is 2.23. The fourth-order valence-corrected chi connectivity index (χ4v) is 2.61. The van der Waals surface area contributed by atoms with Crippen molar-refractivity contribution >= 4 is 0 Å². The average molecular weight is 236 g/mol. The zero-order chi connectivity index (χ0) is 12.1. The van der Waals surface area contributed by atoms with E-state index in [1.807, 2.05) is 6.07 Å². The van der Waals surface area contributed by atoms with Gasteiger partial charge in [-0.15, -0.1) is 0 Å². The average Bonchev–Trinajstić information content (AvgIpc) is 2.89. The number of rotatable bonds is 5. The molecule has 0 amide bonds. The zero-order valence-corrected chi connectivity index (χ0v) is 10.9. The summed E-state index contributed by atoms with van der Waals surface area (Å²) in [4.78, 5) is 2.56. The van der Waals surface area contributed by atoms with Crippen LogP contribution in [0.3, 0.4) is 0 Å². The lowest BCUT2D eigenvalue weighted by Gasteiger charge is -2.35. The van der Waals surface area contributed by atoms with E-state index in [1.165, 1.54) is 38.2 Å². The molecule has 2 unspecified atom stereocenters. The third-order valence-electron chi connectivity index (χ3n) is 3.87. The number of nitrogens with one attached hydrogen (secondary N) is 2. The fourth-order valence-electron chi connectivity index (χ4n) is 2.61. The van der Waals surface area contributed by atoms with Crippen molar-refractivity contribution < 1.29 is 0 Å². The minimum atomic E-state index is 0.577. The van der Waals surface area contributed by atoms with E-state index in [9.17, 15) is 0 Å². The van der Waals surface area contributed by atoms with Gasteiger partial charge in [-0.3, -0.25) is 5.10 Å². The first-order chi connectivity index (χ1) is 8.29. The highest BCUT2D eigenvalue weighted by atomic mass is 15.1. The quantitative estimate of drug-likeness (QED) is 0.816. The molecule has 4 nitrogen and oxygen atoms in total. The van der Waals surface area contributed by atoms with E-state index in [0.717, 1.165) is 12.5 Å². The summed E-state index contributed by atoms with van der Waals surface area (Å²) >= 11 is 0. The lowest BCUT2D eigenvalue weighted by atomic mass is 9.91. The minimum absolute atomic E-state index is 0.577. The summed E-state index contributed by atoms with van der Waals surface area (Å²) in [6.45, 7) is 9.16. The molecule has 0 bridgehead atoms. The number of aromatic nitrogens is 2. The smallest absolute Gasteiger partial charge is 0.0490 e. The van der Waals surface area contributed by atoms with Gasteiger partial charge in [0.25, 0.3) is 0 Å². The summed E-state index contributed by atoms with van der Waals surface area (Å²) in [5.74, 6) is 0.784. The Morgan fingerprint density at radius 1 is 1.65 bits per heavy atom. The number of piperidine rings is 1. The van der Waals surface area contributed by atoms with Gasteiger partial charge in [-0.05, 0) is 44.8 Å². The fraction of sp³-hybridized carbons (Fsp3) is 0.769. The van der Waals surface area contributed by atoms with Crippen LogP contribution in [0.25, 0.3) is 0 Å². The Morgan fingerprint density at radius 2 is 2.53 bits per heavy atom. The summed E-state index contributed by atoms with van der Waals surface area (Å²) in [6.07, 6.45) is 4.50. The molecule has 2 heterocycles. The van der Waals surface area contributed by atoms with E-state index >= 15 is 0 Å². The molecule has 2 atom stereocenters. The normalized spacial score (nSPS) is 23.8. The predicted octanol–water partition coefficient (Wildman–Crippen LogP) is 1.62. The SMILES string of the molecule is CCN1CCCC(C(C)NCc2ccn[nH]2)C1. The van der Waals surface area contributed by atoms with Crippen molar-refractivity contribution in [3.8, 4) is 0 Å².